The maximum absolute atomic E-state index is 13.0. The van der Waals surface area contributed by atoms with E-state index < -0.39 is 0 Å². The number of aromatic nitrogens is 1. The van der Waals surface area contributed by atoms with E-state index in [1.807, 2.05) is 54.6 Å². The van der Waals surface area contributed by atoms with Gasteiger partial charge in [-0.15, -0.1) is 0 Å². The van der Waals surface area contributed by atoms with E-state index in [9.17, 15) is 9.59 Å². The van der Waals surface area contributed by atoms with E-state index in [0.29, 0.717) is 12.1 Å². The number of anilines is 1. The number of rotatable bonds is 4. The Morgan fingerprint density at radius 3 is 2.43 bits per heavy atom. The topological polar surface area (TPSA) is 62.3 Å². The van der Waals surface area contributed by atoms with Crippen LogP contribution in [0.15, 0.2) is 73.1 Å². The SMILES string of the molecule is CC(=O)N1CCc2cc(C(=O)NC(c3ccccc3)c3ccncc3)ccc21. The summed E-state index contributed by atoms with van der Waals surface area (Å²) in [6.07, 6.45) is 4.22. The predicted octanol–water partition coefficient (Wildman–Crippen LogP) is 3.51. The Morgan fingerprint density at radius 1 is 1.00 bits per heavy atom. The zero-order chi connectivity index (χ0) is 19.5. The van der Waals surface area contributed by atoms with Crippen molar-refractivity contribution >= 4 is 17.5 Å². The second-order valence-electron chi connectivity index (χ2n) is 6.86. The van der Waals surface area contributed by atoms with Gasteiger partial charge in [0, 0.05) is 37.1 Å². The lowest BCUT2D eigenvalue weighted by Gasteiger charge is -2.20. The van der Waals surface area contributed by atoms with Crippen LogP contribution in [0.25, 0.3) is 0 Å². The van der Waals surface area contributed by atoms with Crippen LogP contribution in [0.1, 0.15) is 40.0 Å². The molecule has 1 N–H and O–H groups in total. The molecule has 1 aliphatic heterocycles. The number of fused-ring (bicyclic) bond motifs is 1. The van der Waals surface area contributed by atoms with Crippen LogP contribution in [0.5, 0.6) is 0 Å². The minimum absolute atomic E-state index is 0.0257. The first kappa shape index (κ1) is 17.9. The quantitative estimate of drug-likeness (QED) is 0.763. The number of hydrogen-bond acceptors (Lipinski definition) is 3. The van der Waals surface area contributed by atoms with Gasteiger partial charge in [-0.3, -0.25) is 14.6 Å². The van der Waals surface area contributed by atoms with Crippen LogP contribution in [0, 0.1) is 0 Å². The molecular weight excluding hydrogens is 350 g/mol. The highest BCUT2D eigenvalue weighted by molar-refractivity contribution is 5.98. The molecule has 0 fully saturated rings. The van der Waals surface area contributed by atoms with Crippen molar-refractivity contribution in [2.24, 2.45) is 0 Å². The van der Waals surface area contributed by atoms with E-state index in [4.69, 9.17) is 0 Å². The fourth-order valence-corrected chi connectivity index (χ4v) is 3.65. The Bertz CT molecular complexity index is 963. The first-order chi connectivity index (χ1) is 13.6. The molecule has 5 heteroatoms. The molecule has 0 aliphatic carbocycles. The van der Waals surface area contributed by atoms with E-state index in [0.717, 1.165) is 28.8 Å². The van der Waals surface area contributed by atoms with Crippen LogP contribution in [0.3, 0.4) is 0 Å². The van der Waals surface area contributed by atoms with Gasteiger partial charge in [0.1, 0.15) is 0 Å². The Morgan fingerprint density at radius 2 is 1.71 bits per heavy atom. The van der Waals surface area contributed by atoms with Crippen molar-refractivity contribution in [3.05, 3.63) is 95.3 Å². The molecule has 3 aromatic rings. The summed E-state index contributed by atoms with van der Waals surface area (Å²) in [7, 11) is 0. The summed E-state index contributed by atoms with van der Waals surface area (Å²) in [5.74, 6) is -0.118. The minimum Gasteiger partial charge on any atom is -0.341 e. The highest BCUT2D eigenvalue weighted by Crippen LogP contribution is 2.29. The Hall–Kier alpha value is -3.47. The fraction of sp³-hybridized carbons (Fsp3) is 0.174. The van der Waals surface area contributed by atoms with Gasteiger partial charge in [-0.2, -0.15) is 0 Å². The van der Waals surface area contributed by atoms with Crippen molar-refractivity contribution in [3.63, 3.8) is 0 Å². The first-order valence-electron chi connectivity index (χ1n) is 9.30. The lowest BCUT2D eigenvalue weighted by molar-refractivity contribution is -0.116. The van der Waals surface area contributed by atoms with Crippen molar-refractivity contribution in [2.75, 3.05) is 11.4 Å². The Kier molecular flexibility index (Phi) is 4.89. The normalized spacial score (nSPS) is 13.7. The first-order valence-corrected chi connectivity index (χ1v) is 9.30. The molecule has 1 atom stereocenters. The van der Waals surface area contributed by atoms with Gasteiger partial charge in [-0.05, 0) is 53.4 Å². The second kappa shape index (κ2) is 7.64. The Labute approximate surface area is 164 Å². The number of pyridine rings is 1. The molecule has 0 radical (unpaired) electrons. The summed E-state index contributed by atoms with van der Waals surface area (Å²) in [6, 6.07) is 19.0. The number of nitrogens with one attached hydrogen (secondary N) is 1. The third-order valence-corrected chi connectivity index (χ3v) is 5.07. The molecule has 0 saturated heterocycles. The highest BCUT2D eigenvalue weighted by atomic mass is 16.2. The summed E-state index contributed by atoms with van der Waals surface area (Å²) in [5, 5.41) is 3.14. The molecular formula is C23H21N3O2. The zero-order valence-corrected chi connectivity index (χ0v) is 15.6. The van der Waals surface area contributed by atoms with Gasteiger partial charge in [-0.25, -0.2) is 0 Å². The van der Waals surface area contributed by atoms with Gasteiger partial charge >= 0.3 is 0 Å². The van der Waals surface area contributed by atoms with Gasteiger partial charge in [-0.1, -0.05) is 30.3 Å². The number of benzene rings is 2. The van der Waals surface area contributed by atoms with Crippen molar-refractivity contribution < 1.29 is 9.59 Å². The molecule has 140 valence electrons. The molecule has 2 amide bonds. The predicted molar refractivity (Wildman–Crippen MR) is 108 cm³/mol. The van der Waals surface area contributed by atoms with E-state index in [1.54, 1.807) is 30.3 Å². The molecule has 0 bridgehead atoms. The maximum Gasteiger partial charge on any atom is 0.252 e. The van der Waals surface area contributed by atoms with E-state index in [2.05, 4.69) is 10.3 Å². The molecule has 1 aromatic heterocycles. The van der Waals surface area contributed by atoms with E-state index in [1.165, 1.54) is 0 Å². The lowest BCUT2D eigenvalue weighted by atomic mass is 9.99. The average molecular weight is 371 g/mol. The summed E-state index contributed by atoms with van der Waals surface area (Å²) < 4.78 is 0. The molecule has 5 nitrogen and oxygen atoms in total. The third-order valence-electron chi connectivity index (χ3n) is 5.07. The smallest absolute Gasteiger partial charge is 0.252 e. The molecule has 2 heterocycles. The van der Waals surface area contributed by atoms with Crippen molar-refractivity contribution in [1.29, 1.82) is 0 Å². The molecule has 1 unspecified atom stereocenters. The van der Waals surface area contributed by atoms with Gasteiger partial charge in [0.05, 0.1) is 6.04 Å². The zero-order valence-electron chi connectivity index (χ0n) is 15.6. The summed E-state index contributed by atoms with van der Waals surface area (Å²) in [5.41, 5.74) is 4.50. The van der Waals surface area contributed by atoms with Gasteiger partial charge in [0.25, 0.3) is 5.91 Å². The van der Waals surface area contributed by atoms with Crippen molar-refractivity contribution in [1.82, 2.24) is 10.3 Å². The number of carbonyl (C=O) groups is 2. The van der Waals surface area contributed by atoms with Crippen LogP contribution in [0.4, 0.5) is 5.69 Å². The maximum atomic E-state index is 13.0. The van der Waals surface area contributed by atoms with Gasteiger partial charge < -0.3 is 10.2 Å². The van der Waals surface area contributed by atoms with Crippen LogP contribution >= 0.6 is 0 Å². The number of nitrogens with zero attached hydrogens (tertiary/aromatic N) is 2. The molecule has 4 rings (SSSR count). The monoisotopic (exact) mass is 371 g/mol. The highest BCUT2D eigenvalue weighted by Gasteiger charge is 2.24. The van der Waals surface area contributed by atoms with Gasteiger partial charge in [0.2, 0.25) is 5.91 Å². The van der Waals surface area contributed by atoms with E-state index in [-0.39, 0.29) is 17.9 Å². The third kappa shape index (κ3) is 3.51. The van der Waals surface area contributed by atoms with Crippen LogP contribution in [-0.4, -0.2) is 23.3 Å². The van der Waals surface area contributed by atoms with Crippen LogP contribution in [-0.2, 0) is 11.2 Å². The van der Waals surface area contributed by atoms with Crippen molar-refractivity contribution in [3.8, 4) is 0 Å². The largest absolute Gasteiger partial charge is 0.341 e. The van der Waals surface area contributed by atoms with Gasteiger partial charge in [0.15, 0.2) is 0 Å². The second-order valence-corrected chi connectivity index (χ2v) is 6.86. The Balaban J connectivity index is 1.61. The molecule has 0 spiro atoms. The molecule has 0 saturated carbocycles. The average Bonchev–Trinajstić information content (AvgIpc) is 3.16. The van der Waals surface area contributed by atoms with Crippen LogP contribution in [0.2, 0.25) is 0 Å². The molecule has 2 aromatic carbocycles. The lowest BCUT2D eigenvalue weighted by Crippen LogP contribution is -2.29. The number of hydrogen-bond donors (Lipinski definition) is 1. The number of amides is 2. The fourth-order valence-electron chi connectivity index (χ4n) is 3.65. The summed E-state index contributed by atoms with van der Waals surface area (Å²) >= 11 is 0. The minimum atomic E-state index is -0.265. The van der Waals surface area contributed by atoms with E-state index >= 15 is 0 Å². The standard InChI is InChI=1S/C23H21N3O2/c1-16(27)26-14-11-19-15-20(7-8-21(19)26)23(28)25-22(17-5-3-2-4-6-17)18-9-12-24-13-10-18/h2-10,12-13,15,22H,11,14H2,1H3,(H,25,28). The molecule has 28 heavy (non-hydrogen) atoms. The summed E-state index contributed by atoms with van der Waals surface area (Å²) in [4.78, 5) is 30.6. The van der Waals surface area contributed by atoms with Crippen LogP contribution < -0.4 is 10.2 Å². The van der Waals surface area contributed by atoms with Crippen molar-refractivity contribution in [2.45, 2.75) is 19.4 Å². The molecule has 1 aliphatic rings. The summed E-state index contributed by atoms with van der Waals surface area (Å²) in [6.45, 7) is 2.23. The number of carbonyl (C=O) groups excluding carboxylic acids is 2.